The van der Waals surface area contributed by atoms with Gasteiger partial charge in [-0.25, -0.2) is 9.97 Å². The first-order chi connectivity index (χ1) is 14.9. The van der Waals surface area contributed by atoms with Crippen molar-refractivity contribution >= 4 is 44.2 Å². The molecule has 5 nitrogen and oxygen atoms in total. The number of carbonyl (C=O) groups is 1. The second-order valence-electron chi connectivity index (χ2n) is 7.82. The highest BCUT2D eigenvalue weighted by molar-refractivity contribution is 7.22. The van der Waals surface area contributed by atoms with E-state index < -0.39 is 0 Å². The lowest BCUT2D eigenvalue weighted by Crippen LogP contribution is -2.33. The fraction of sp³-hybridized carbons (Fsp3) is 0.292. The van der Waals surface area contributed by atoms with E-state index in [-0.39, 0.29) is 5.91 Å². The van der Waals surface area contributed by atoms with Crippen LogP contribution in [0.4, 0.5) is 5.13 Å². The predicted molar refractivity (Wildman–Crippen MR) is 128 cm³/mol. The van der Waals surface area contributed by atoms with Crippen molar-refractivity contribution in [3.63, 3.8) is 0 Å². The van der Waals surface area contributed by atoms with Crippen molar-refractivity contribution in [1.82, 2.24) is 14.5 Å². The Labute approximate surface area is 191 Å². The summed E-state index contributed by atoms with van der Waals surface area (Å²) in [6.45, 7) is 7.48. The van der Waals surface area contributed by atoms with E-state index in [4.69, 9.17) is 16.6 Å². The number of nitrogens with zero attached hydrogens (tertiary/aromatic N) is 4. The zero-order valence-electron chi connectivity index (χ0n) is 17.9. The number of benzene rings is 2. The zero-order chi connectivity index (χ0) is 22.0. The number of halogens is 1. The van der Waals surface area contributed by atoms with E-state index in [1.54, 1.807) is 12.5 Å². The van der Waals surface area contributed by atoms with Gasteiger partial charge >= 0.3 is 0 Å². The molecule has 0 bridgehead atoms. The van der Waals surface area contributed by atoms with Gasteiger partial charge in [0.2, 0.25) is 5.91 Å². The minimum Gasteiger partial charge on any atom is -0.337 e. The number of rotatable bonds is 7. The fourth-order valence-corrected chi connectivity index (χ4v) is 4.89. The number of hydrogen-bond acceptors (Lipinski definition) is 4. The van der Waals surface area contributed by atoms with Gasteiger partial charge in [-0.15, -0.1) is 0 Å². The van der Waals surface area contributed by atoms with E-state index in [0.29, 0.717) is 18.0 Å². The van der Waals surface area contributed by atoms with Gasteiger partial charge in [-0.1, -0.05) is 46.7 Å². The molecule has 0 aliphatic carbocycles. The molecule has 0 aliphatic heterocycles. The van der Waals surface area contributed by atoms with Crippen molar-refractivity contribution in [2.75, 3.05) is 11.4 Å². The van der Waals surface area contributed by atoms with E-state index in [9.17, 15) is 4.79 Å². The fourth-order valence-electron chi connectivity index (χ4n) is 3.66. The van der Waals surface area contributed by atoms with Crippen molar-refractivity contribution in [3.8, 4) is 0 Å². The third-order valence-electron chi connectivity index (χ3n) is 5.47. The summed E-state index contributed by atoms with van der Waals surface area (Å²) in [7, 11) is 0. The van der Waals surface area contributed by atoms with Crippen LogP contribution in [0.3, 0.4) is 0 Å². The molecule has 0 aliphatic rings. The van der Waals surface area contributed by atoms with E-state index in [2.05, 4.69) is 37.0 Å². The van der Waals surface area contributed by atoms with Gasteiger partial charge in [-0.05, 0) is 56.0 Å². The molecule has 2 aromatic heterocycles. The van der Waals surface area contributed by atoms with Crippen LogP contribution in [0.5, 0.6) is 0 Å². The first-order valence-electron chi connectivity index (χ1n) is 10.3. The Bertz CT molecular complexity index is 1220. The smallest absolute Gasteiger partial charge is 0.233 e. The van der Waals surface area contributed by atoms with Crippen LogP contribution in [0.15, 0.2) is 49.1 Å². The van der Waals surface area contributed by atoms with Crippen molar-refractivity contribution in [2.24, 2.45) is 0 Å². The maximum atomic E-state index is 13.4. The summed E-state index contributed by atoms with van der Waals surface area (Å²) in [6.07, 6.45) is 6.66. The van der Waals surface area contributed by atoms with Gasteiger partial charge in [-0.3, -0.25) is 9.69 Å². The third kappa shape index (κ3) is 4.81. The van der Waals surface area contributed by atoms with Crippen LogP contribution >= 0.6 is 22.9 Å². The van der Waals surface area contributed by atoms with Gasteiger partial charge in [0.05, 0.1) is 23.0 Å². The molecule has 2 aromatic carbocycles. The molecule has 0 atom stereocenters. The molecule has 7 heteroatoms. The summed E-state index contributed by atoms with van der Waals surface area (Å²) in [4.78, 5) is 24.1. The van der Waals surface area contributed by atoms with Crippen LogP contribution in [-0.4, -0.2) is 27.0 Å². The number of fused-ring (bicyclic) bond motifs is 1. The van der Waals surface area contributed by atoms with E-state index >= 15 is 0 Å². The highest BCUT2D eigenvalue weighted by Gasteiger charge is 2.21. The van der Waals surface area contributed by atoms with Gasteiger partial charge in [0, 0.05) is 30.5 Å². The number of carbonyl (C=O) groups excluding carboxylic acids is 1. The Morgan fingerprint density at radius 2 is 2.03 bits per heavy atom. The summed E-state index contributed by atoms with van der Waals surface area (Å²) in [6, 6.07) is 10.1. The zero-order valence-corrected chi connectivity index (χ0v) is 19.5. The Morgan fingerprint density at radius 3 is 2.77 bits per heavy atom. The van der Waals surface area contributed by atoms with E-state index in [0.717, 1.165) is 45.0 Å². The van der Waals surface area contributed by atoms with E-state index in [1.165, 1.54) is 16.9 Å². The largest absolute Gasteiger partial charge is 0.337 e. The molecular weight excluding hydrogens is 428 g/mol. The maximum Gasteiger partial charge on any atom is 0.233 e. The third-order valence-corrected chi connectivity index (χ3v) is 6.92. The predicted octanol–water partition coefficient (Wildman–Crippen LogP) is 5.74. The number of amides is 1. The molecular formula is C24H25ClN4OS. The topological polar surface area (TPSA) is 51.0 Å². The second-order valence-corrected chi connectivity index (χ2v) is 9.24. The molecule has 1 amide bonds. The Hall–Kier alpha value is -2.70. The highest BCUT2D eigenvalue weighted by atomic mass is 35.5. The Morgan fingerprint density at radius 1 is 1.19 bits per heavy atom. The van der Waals surface area contributed by atoms with Crippen molar-refractivity contribution in [1.29, 1.82) is 0 Å². The van der Waals surface area contributed by atoms with Gasteiger partial charge in [-0.2, -0.15) is 0 Å². The van der Waals surface area contributed by atoms with E-state index in [1.807, 2.05) is 34.7 Å². The van der Waals surface area contributed by atoms with Crippen molar-refractivity contribution in [3.05, 3.63) is 76.3 Å². The Kier molecular flexibility index (Phi) is 6.39. The number of imidazole rings is 1. The van der Waals surface area contributed by atoms with Gasteiger partial charge < -0.3 is 4.57 Å². The van der Waals surface area contributed by atoms with Crippen LogP contribution in [0.1, 0.15) is 28.7 Å². The lowest BCUT2D eigenvalue weighted by molar-refractivity contribution is -0.118. The summed E-state index contributed by atoms with van der Waals surface area (Å²) in [5.41, 5.74) is 5.20. The van der Waals surface area contributed by atoms with Crippen LogP contribution in [-0.2, 0) is 17.8 Å². The SMILES string of the molecule is Cc1ccc(CC(=O)N(CCCn2ccnc2)c2nc3c(C)c(Cl)ccc3s2)c(C)c1. The standard InChI is InChI=1S/C24H25ClN4OS/c1-16-5-6-19(17(2)13-16)14-22(30)29(11-4-10-28-12-9-26-15-28)24-27-23-18(3)20(25)7-8-21(23)31-24/h5-9,12-13,15H,4,10-11,14H2,1-3H3. The first kappa shape index (κ1) is 21.5. The number of hydrogen-bond donors (Lipinski definition) is 0. The number of aromatic nitrogens is 3. The first-order valence-corrected chi connectivity index (χ1v) is 11.5. The Balaban J connectivity index is 1.61. The van der Waals surface area contributed by atoms with Crippen LogP contribution in [0.2, 0.25) is 5.02 Å². The lowest BCUT2D eigenvalue weighted by atomic mass is 10.0. The molecule has 31 heavy (non-hydrogen) atoms. The van der Waals surface area contributed by atoms with Crippen LogP contribution in [0.25, 0.3) is 10.2 Å². The van der Waals surface area contributed by atoms with Crippen molar-refractivity contribution < 1.29 is 4.79 Å². The van der Waals surface area contributed by atoms with Crippen molar-refractivity contribution in [2.45, 2.75) is 40.2 Å². The quantitative estimate of drug-likeness (QED) is 0.359. The molecule has 0 saturated heterocycles. The van der Waals surface area contributed by atoms with Gasteiger partial charge in [0.1, 0.15) is 0 Å². The van der Waals surface area contributed by atoms with Crippen LogP contribution < -0.4 is 4.90 Å². The molecule has 0 spiro atoms. The normalized spacial score (nSPS) is 11.2. The monoisotopic (exact) mass is 452 g/mol. The minimum atomic E-state index is 0.0559. The van der Waals surface area contributed by atoms with Gasteiger partial charge in [0.15, 0.2) is 5.13 Å². The molecule has 2 heterocycles. The van der Waals surface area contributed by atoms with Crippen LogP contribution in [0, 0.1) is 20.8 Å². The second kappa shape index (κ2) is 9.20. The summed E-state index contributed by atoms with van der Waals surface area (Å²) in [5, 5.41) is 1.42. The summed E-state index contributed by atoms with van der Waals surface area (Å²) >= 11 is 7.83. The molecule has 4 aromatic rings. The average Bonchev–Trinajstić information content (AvgIpc) is 3.40. The molecule has 0 unspecified atom stereocenters. The number of anilines is 1. The molecule has 0 fully saturated rings. The summed E-state index contributed by atoms with van der Waals surface area (Å²) in [5.74, 6) is 0.0559. The molecule has 4 rings (SSSR count). The maximum absolute atomic E-state index is 13.4. The molecule has 160 valence electrons. The minimum absolute atomic E-state index is 0.0559. The number of thiazole rings is 1. The summed E-state index contributed by atoms with van der Waals surface area (Å²) < 4.78 is 3.06. The molecule has 0 radical (unpaired) electrons. The molecule has 0 saturated carbocycles. The van der Waals surface area contributed by atoms with Gasteiger partial charge in [0.25, 0.3) is 0 Å². The molecule has 0 N–H and O–H groups in total. The lowest BCUT2D eigenvalue weighted by Gasteiger charge is -2.20. The number of aryl methyl sites for hydroxylation is 4. The average molecular weight is 453 g/mol. The highest BCUT2D eigenvalue weighted by Crippen LogP contribution is 2.34.